The van der Waals surface area contributed by atoms with Crippen LogP contribution in [0.2, 0.25) is 0 Å². The van der Waals surface area contributed by atoms with Gasteiger partial charge in [-0.25, -0.2) is 4.39 Å². The average molecular weight is 339 g/mol. The third kappa shape index (κ3) is 2.43. The van der Waals surface area contributed by atoms with Crippen molar-refractivity contribution in [1.29, 1.82) is 0 Å². The van der Waals surface area contributed by atoms with Crippen molar-refractivity contribution in [3.8, 4) is 22.0 Å². The van der Waals surface area contributed by atoms with E-state index in [4.69, 9.17) is 0 Å². The van der Waals surface area contributed by atoms with Gasteiger partial charge >= 0.3 is 0 Å². The van der Waals surface area contributed by atoms with Gasteiger partial charge in [-0.3, -0.25) is 0 Å². The maximum atomic E-state index is 14.0. The molecule has 4 aromatic rings. The predicted octanol–water partition coefficient (Wildman–Crippen LogP) is 3.72. The van der Waals surface area contributed by atoms with Crippen molar-refractivity contribution in [3.05, 3.63) is 54.3 Å². The van der Waals surface area contributed by atoms with Crippen LogP contribution in [0.15, 0.2) is 48.5 Å². The molecule has 0 saturated carbocycles. The van der Waals surface area contributed by atoms with Crippen LogP contribution >= 0.6 is 11.3 Å². The molecule has 2 aromatic heterocycles. The van der Waals surface area contributed by atoms with Crippen molar-refractivity contribution >= 4 is 22.0 Å². The SMILES string of the molecule is CN(C)c1ccc(-c2nnc3sc(-c4ccccc4F)nn23)cc1. The molecular formula is C17H14FN5S. The van der Waals surface area contributed by atoms with Gasteiger partial charge in [-0.15, -0.1) is 10.2 Å². The van der Waals surface area contributed by atoms with E-state index in [-0.39, 0.29) is 5.82 Å². The lowest BCUT2D eigenvalue weighted by molar-refractivity contribution is 0.631. The molecule has 7 heteroatoms. The molecule has 0 aliphatic rings. The van der Waals surface area contributed by atoms with E-state index >= 15 is 0 Å². The zero-order valence-electron chi connectivity index (χ0n) is 13.1. The van der Waals surface area contributed by atoms with Crippen LogP contribution in [0.1, 0.15) is 0 Å². The second kappa shape index (κ2) is 5.68. The Hall–Kier alpha value is -2.80. The summed E-state index contributed by atoms with van der Waals surface area (Å²) in [7, 11) is 3.98. The fourth-order valence-electron chi connectivity index (χ4n) is 2.45. The Balaban J connectivity index is 1.79. The number of rotatable bonds is 3. The summed E-state index contributed by atoms with van der Waals surface area (Å²) in [6, 6.07) is 14.6. The second-order valence-corrected chi connectivity index (χ2v) is 6.50. The van der Waals surface area contributed by atoms with Crippen LogP contribution in [0.4, 0.5) is 10.1 Å². The summed E-state index contributed by atoms with van der Waals surface area (Å²) in [4.78, 5) is 2.67. The van der Waals surface area contributed by atoms with Crippen molar-refractivity contribution < 1.29 is 4.39 Å². The second-order valence-electron chi connectivity index (χ2n) is 5.55. The minimum absolute atomic E-state index is 0.292. The normalized spacial score (nSPS) is 11.1. The molecule has 0 bridgehead atoms. The van der Waals surface area contributed by atoms with E-state index in [0.717, 1.165) is 11.3 Å². The summed E-state index contributed by atoms with van der Waals surface area (Å²) >= 11 is 1.32. The highest BCUT2D eigenvalue weighted by molar-refractivity contribution is 7.19. The Labute approximate surface area is 142 Å². The molecule has 0 aliphatic heterocycles. The van der Waals surface area contributed by atoms with Gasteiger partial charge in [0.2, 0.25) is 4.96 Å². The third-order valence-corrected chi connectivity index (χ3v) is 4.67. The summed E-state index contributed by atoms with van der Waals surface area (Å²) in [6.07, 6.45) is 0. The Kier molecular flexibility index (Phi) is 3.50. The number of halogens is 1. The summed E-state index contributed by atoms with van der Waals surface area (Å²) in [5.74, 6) is 0.355. The largest absolute Gasteiger partial charge is 0.378 e. The van der Waals surface area contributed by atoms with E-state index in [0.29, 0.717) is 21.4 Å². The van der Waals surface area contributed by atoms with Crippen LogP contribution in [-0.4, -0.2) is 33.9 Å². The maximum absolute atomic E-state index is 14.0. The molecule has 0 fully saturated rings. The molecule has 0 atom stereocenters. The fourth-order valence-corrected chi connectivity index (χ4v) is 3.32. The molecule has 120 valence electrons. The summed E-state index contributed by atoms with van der Waals surface area (Å²) in [5, 5.41) is 13.5. The first-order chi connectivity index (χ1) is 11.6. The molecule has 2 aromatic carbocycles. The van der Waals surface area contributed by atoms with E-state index in [2.05, 4.69) is 15.3 Å². The number of hydrogen-bond acceptors (Lipinski definition) is 5. The first kappa shape index (κ1) is 14.8. The number of anilines is 1. The molecule has 4 rings (SSSR count). The summed E-state index contributed by atoms with van der Waals surface area (Å²) < 4.78 is 15.6. The van der Waals surface area contributed by atoms with Crippen molar-refractivity contribution in [2.45, 2.75) is 0 Å². The minimum Gasteiger partial charge on any atom is -0.378 e. The summed E-state index contributed by atoms with van der Waals surface area (Å²) in [5.41, 5.74) is 2.49. The van der Waals surface area contributed by atoms with Crippen LogP contribution < -0.4 is 4.90 Å². The highest BCUT2D eigenvalue weighted by atomic mass is 32.1. The number of benzene rings is 2. The van der Waals surface area contributed by atoms with Gasteiger partial charge in [-0.05, 0) is 36.4 Å². The quantitative estimate of drug-likeness (QED) is 0.571. The Morgan fingerprint density at radius 3 is 2.46 bits per heavy atom. The molecule has 0 N–H and O–H groups in total. The molecule has 0 unspecified atom stereocenters. The Morgan fingerprint density at radius 1 is 1.00 bits per heavy atom. The van der Waals surface area contributed by atoms with Gasteiger partial charge in [0.1, 0.15) is 5.82 Å². The van der Waals surface area contributed by atoms with Gasteiger partial charge in [0.05, 0.1) is 0 Å². The number of fused-ring (bicyclic) bond motifs is 1. The van der Waals surface area contributed by atoms with E-state index < -0.39 is 0 Å². The Bertz CT molecular complexity index is 1000. The zero-order valence-corrected chi connectivity index (χ0v) is 14.0. The van der Waals surface area contributed by atoms with E-state index in [9.17, 15) is 4.39 Å². The Morgan fingerprint density at radius 2 is 1.75 bits per heavy atom. The monoisotopic (exact) mass is 339 g/mol. The standard InChI is InChI=1S/C17H14FN5S/c1-22(2)12-9-7-11(8-10-12)15-19-20-17-23(15)21-16(24-17)13-5-3-4-6-14(13)18/h3-10H,1-2H3. The molecule has 0 aliphatic carbocycles. The molecule has 0 spiro atoms. The van der Waals surface area contributed by atoms with Gasteiger partial charge in [-0.2, -0.15) is 9.61 Å². The van der Waals surface area contributed by atoms with Gasteiger partial charge in [0.25, 0.3) is 0 Å². The van der Waals surface area contributed by atoms with Crippen molar-refractivity contribution in [1.82, 2.24) is 19.8 Å². The van der Waals surface area contributed by atoms with Crippen LogP contribution in [-0.2, 0) is 0 Å². The maximum Gasteiger partial charge on any atom is 0.235 e. The lowest BCUT2D eigenvalue weighted by Gasteiger charge is -2.11. The topological polar surface area (TPSA) is 46.3 Å². The van der Waals surface area contributed by atoms with Gasteiger partial charge in [-0.1, -0.05) is 23.5 Å². The highest BCUT2D eigenvalue weighted by Crippen LogP contribution is 2.29. The zero-order chi connectivity index (χ0) is 16.7. The molecule has 0 amide bonds. The molecule has 0 radical (unpaired) electrons. The molecule has 24 heavy (non-hydrogen) atoms. The molecule has 2 heterocycles. The van der Waals surface area contributed by atoms with E-state index in [1.165, 1.54) is 17.4 Å². The average Bonchev–Trinajstić information content (AvgIpc) is 3.16. The van der Waals surface area contributed by atoms with E-state index in [1.807, 2.05) is 43.3 Å². The van der Waals surface area contributed by atoms with Crippen molar-refractivity contribution in [3.63, 3.8) is 0 Å². The lowest BCUT2D eigenvalue weighted by Crippen LogP contribution is -2.08. The minimum atomic E-state index is -0.292. The number of hydrogen-bond donors (Lipinski definition) is 0. The third-order valence-electron chi connectivity index (χ3n) is 3.74. The fraction of sp³-hybridized carbons (Fsp3) is 0.118. The molecule has 0 saturated heterocycles. The van der Waals surface area contributed by atoms with Crippen LogP contribution in [0, 0.1) is 5.82 Å². The summed E-state index contributed by atoms with van der Waals surface area (Å²) in [6.45, 7) is 0. The number of aromatic nitrogens is 4. The van der Waals surface area contributed by atoms with Gasteiger partial charge in [0.15, 0.2) is 10.8 Å². The predicted molar refractivity (Wildman–Crippen MR) is 93.8 cm³/mol. The first-order valence-electron chi connectivity index (χ1n) is 7.38. The van der Waals surface area contributed by atoms with Crippen molar-refractivity contribution in [2.75, 3.05) is 19.0 Å². The van der Waals surface area contributed by atoms with Crippen LogP contribution in [0.25, 0.3) is 26.9 Å². The first-order valence-corrected chi connectivity index (χ1v) is 8.20. The van der Waals surface area contributed by atoms with Crippen molar-refractivity contribution in [2.24, 2.45) is 0 Å². The lowest BCUT2D eigenvalue weighted by atomic mass is 10.2. The molecule has 5 nitrogen and oxygen atoms in total. The highest BCUT2D eigenvalue weighted by Gasteiger charge is 2.16. The van der Waals surface area contributed by atoms with Gasteiger partial charge < -0.3 is 4.90 Å². The van der Waals surface area contributed by atoms with Crippen LogP contribution in [0.3, 0.4) is 0 Å². The molecular weight excluding hydrogens is 325 g/mol. The van der Waals surface area contributed by atoms with Crippen LogP contribution in [0.5, 0.6) is 0 Å². The van der Waals surface area contributed by atoms with E-state index in [1.54, 1.807) is 22.7 Å². The number of nitrogens with zero attached hydrogens (tertiary/aromatic N) is 5. The smallest absolute Gasteiger partial charge is 0.235 e. The van der Waals surface area contributed by atoms with Gasteiger partial charge in [0, 0.05) is 30.9 Å².